The number of nitrogens with one attached hydrogen (secondary N) is 1. The third-order valence-electron chi connectivity index (χ3n) is 6.83. The molecule has 0 unspecified atom stereocenters. The maximum Gasteiger partial charge on any atom is 0.389 e. The zero-order chi connectivity index (χ0) is 24.0. The van der Waals surface area contributed by atoms with Crippen LogP contribution >= 0.6 is 0 Å². The molecule has 9 heteroatoms. The van der Waals surface area contributed by atoms with Crippen LogP contribution in [0.25, 0.3) is 27.9 Å². The van der Waals surface area contributed by atoms with E-state index in [1.165, 1.54) is 0 Å². The summed E-state index contributed by atoms with van der Waals surface area (Å²) in [5.41, 5.74) is 6.50. The number of halogens is 3. The molecule has 0 radical (unpaired) electrons. The molecule has 1 aromatic carbocycles. The highest BCUT2D eigenvalue weighted by Crippen LogP contribution is 2.38. The first-order valence-corrected chi connectivity index (χ1v) is 11.5. The number of alkyl halides is 3. The number of hydrogen-bond acceptors (Lipinski definition) is 3. The van der Waals surface area contributed by atoms with Crippen molar-refractivity contribution in [1.82, 2.24) is 24.3 Å². The van der Waals surface area contributed by atoms with E-state index >= 15 is 0 Å². The van der Waals surface area contributed by atoms with Crippen LogP contribution in [0.3, 0.4) is 0 Å². The van der Waals surface area contributed by atoms with Crippen LogP contribution in [-0.2, 0) is 4.79 Å². The molecule has 3 aromatic heterocycles. The second-order valence-corrected chi connectivity index (χ2v) is 9.09. The van der Waals surface area contributed by atoms with E-state index in [0.29, 0.717) is 18.7 Å². The lowest BCUT2D eigenvalue weighted by Crippen LogP contribution is -2.30. The third kappa shape index (κ3) is 4.03. The van der Waals surface area contributed by atoms with E-state index in [-0.39, 0.29) is 11.8 Å². The van der Waals surface area contributed by atoms with Crippen LogP contribution in [0.4, 0.5) is 13.2 Å². The van der Waals surface area contributed by atoms with E-state index in [1.807, 2.05) is 31.5 Å². The fourth-order valence-corrected chi connectivity index (χ4v) is 5.09. The fourth-order valence-electron chi connectivity index (χ4n) is 5.09. The van der Waals surface area contributed by atoms with Gasteiger partial charge in [0.25, 0.3) is 0 Å². The number of rotatable bonds is 5. The number of hydrogen-bond donors (Lipinski definition) is 1. The molecule has 34 heavy (non-hydrogen) atoms. The molecule has 1 aliphatic rings. The smallest absolute Gasteiger partial charge is 0.344 e. The van der Waals surface area contributed by atoms with Crippen molar-refractivity contribution in [2.24, 2.45) is 5.92 Å². The minimum atomic E-state index is -4.33. The van der Waals surface area contributed by atoms with Gasteiger partial charge in [-0.15, -0.1) is 0 Å². The van der Waals surface area contributed by atoms with E-state index in [2.05, 4.69) is 38.4 Å². The van der Waals surface area contributed by atoms with Crippen molar-refractivity contribution in [2.75, 3.05) is 13.1 Å². The van der Waals surface area contributed by atoms with Gasteiger partial charge in [-0.3, -0.25) is 9.20 Å². The quantitative estimate of drug-likeness (QED) is 0.421. The van der Waals surface area contributed by atoms with Crippen molar-refractivity contribution in [2.45, 2.75) is 45.2 Å². The number of H-pyrrole nitrogens is 1. The minimum absolute atomic E-state index is 0.0271. The Hall–Kier alpha value is -3.36. The summed E-state index contributed by atoms with van der Waals surface area (Å²) in [7, 11) is 0. The van der Waals surface area contributed by atoms with E-state index in [0.717, 1.165) is 40.0 Å². The van der Waals surface area contributed by atoms with Crippen molar-refractivity contribution in [1.29, 1.82) is 0 Å². The van der Waals surface area contributed by atoms with Crippen molar-refractivity contribution in [3.8, 4) is 11.1 Å². The molecule has 4 aromatic rings. The number of aromatic nitrogens is 4. The van der Waals surface area contributed by atoms with Gasteiger partial charge in [-0.25, -0.2) is 9.97 Å². The molecule has 2 atom stereocenters. The number of amides is 1. The number of aryl methyl sites for hydroxylation is 1. The number of carbonyl (C=O) groups is 1. The third-order valence-corrected chi connectivity index (χ3v) is 6.83. The Morgan fingerprint density at radius 2 is 2.03 bits per heavy atom. The first-order valence-electron chi connectivity index (χ1n) is 11.5. The molecule has 1 N–H and O–H groups in total. The summed E-state index contributed by atoms with van der Waals surface area (Å²) in [5, 5.41) is 0. The molecule has 1 amide bonds. The molecule has 1 saturated heterocycles. The summed E-state index contributed by atoms with van der Waals surface area (Å²) >= 11 is 0. The maximum absolute atomic E-state index is 12.6. The lowest BCUT2D eigenvalue weighted by molar-refractivity contribution is -0.148. The Morgan fingerprint density at radius 1 is 1.21 bits per heavy atom. The number of imidazole rings is 1. The van der Waals surface area contributed by atoms with Gasteiger partial charge >= 0.3 is 6.18 Å². The summed E-state index contributed by atoms with van der Waals surface area (Å²) in [6, 6.07) is 8.23. The molecule has 5 rings (SSSR count). The summed E-state index contributed by atoms with van der Waals surface area (Å²) < 4.78 is 40.0. The molecule has 0 bridgehead atoms. The van der Waals surface area contributed by atoms with Crippen molar-refractivity contribution < 1.29 is 18.0 Å². The van der Waals surface area contributed by atoms with Gasteiger partial charge in [0, 0.05) is 49.1 Å². The van der Waals surface area contributed by atoms with Crippen LogP contribution in [0.5, 0.6) is 0 Å². The number of carbonyl (C=O) groups excluding carboxylic acids is 1. The number of fused-ring (bicyclic) bond motifs is 3. The Labute approximate surface area is 194 Å². The molecule has 6 nitrogen and oxygen atoms in total. The van der Waals surface area contributed by atoms with E-state index in [9.17, 15) is 18.0 Å². The van der Waals surface area contributed by atoms with Crippen molar-refractivity contribution >= 4 is 22.7 Å². The predicted octanol–water partition coefficient (Wildman–Crippen LogP) is 5.48. The monoisotopic (exact) mass is 469 g/mol. The van der Waals surface area contributed by atoms with Crippen LogP contribution in [0.15, 0.2) is 42.9 Å². The van der Waals surface area contributed by atoms with Crippen molar-refractivity contribution in [3.05, 3.63) is 54.1 Å². The summed E-state index contributed by atoms with van der Waals surface area (Å²) in [6.07, 6.45) is 0.352. The number of aromatic amines is 1. The average Bonchev–Trinajstić information content (AvgIpc) is 3.51. The van der Waals surface area contributed by atoms with Gasteiger partial charge in [0.05, 0.1) is 18.1 Å². The van der Waals surface area contributed by atoms with Crippen LogP contribution in [0.1, 0.15) is 43.4 Å². The minimum Gasteiger partial charge on any atom is -0.344 e. The molecule has 0 saturated carbocycles. The van der Waals surface area contributed by atoms with Gasteiger partial charge in [-0.2, -0.15) is 13.2 Å². The summed E-state index contributed by atoms with van der Waals surface area (Å²) in [5.74, 6) is -0.332. The Balaban J connectivity index is 1.55. The first-order chi connectivity index (χ1) is 16.2. The molecule has 4 heterocycles. The normalized spacial score (nSPS) is 18.9. The average molecular weight is 470 g/mol. The van der Waals surface area contributed by atoms with Gasteiger partial charge in [0.15, 0.2) is 11.3 Å². The Bertz CT molecular complexity index is 1360. The highest BCUT2D eigenvalue weighted by molar-refractivity contribution is 5.92. The lowest BCUT2D eigenvalue weighted by atomic mass is 9.91. The van der Waals surface area contributed by atoms with Crippen LogP contribution in [0, 0.1) is 12.8 Å². The second-order valence-electron chi connectivity index (χ2n) is 9.09. The number of likely N-dealkylation sites (tertiary alicyclic amines) is 1. The zero-order valence-corrected chi connectivity index (χ0v) is 19.1. The topological polar surface area (TPSA) is 66.3 Å². The summed E-state index contributed by atoms with van der Waals surface area (Å²) in [4.78, 5) is 26.5. The van der Waals surface area contributed by atoms with E-state index in [4.69, 9.17) is 0 Å². The maximum atomic E-state index is 12.6. The molecule has 1 aliphatic heterocycles. The van der Waals surface area contributed by atoms with Gasteiger partial charge in [-0.1, -0.05) is 43.2 Å². The van der Waals surface area contributed by atoms with Crippen LogP contribution in [-0.4, -0.2) is 49.4 Å². The Morgan fingerprint density at radius 3 is 2.76 bits per heavy atom. The predicted molar refractivity (Wildman–Crippen MR) is 123 cm³/mol. The number of nitrogens with zero attached hydrogens (tertiary/aromatic N) is 4. The Kier molecular flexibility index (Phi) is 5.58. The lowest BCUT2D eigenvalue weighted by Gasteiger charge is -2.17. The number of benzene rings is 1. The van der Waals surface area contributed by atoms with Gasteiger partial charge in [0.2, 0.25) is 5.91 Å². The first kappa shape index (κ1) is 22.4. The fraction of sp³-hybridized carbons (Fsp3) is 0.400. The highest BCUT2D eigenvalue weighted by Gasteiger charge is 2.38. The van der Waals surface area contributed by atoms with Crippen molar-refractivity contribution in [3.63, 3.8) is 0 Å². The van der Waals surface area contributed by atoms with Gasteiger partial charge in [-0.05, 0) is 18.4 Å². The molecule has 0 aliphatic carbocycles. The van der Waals surface area contributed by atoms with E-state index < -0.39 is 24.9 Å². The van der Waals surface area contributed by atoms with Gasteiger partial charge in [0.1, 0.15) is 0 Å². The zero-order valence-electron chi connectivity index (χ0n) is 19.1. The van der Waals surface area contributed by atoms with E-state index in [1.54, 1.807) is 11.1 Å². The standard InChI is InChI=1S/C25H26F3N5O/c1-3-16-13-32(22(34)7-8-25(26,27)28)14-19(16)20-11-29-21-12-31-24-23(33(20)21)18(10-30-24)17-6-4-5-15(2)9-17/h4-6,9-12,16,19,30H,3,7-8,13-14H2,1-2H3/t16-,19+/m1/s1. The van der Waals surface area contributed by atoms with Gasteiger partial charge < -0.3 is 9.88 Å². The molecule has 0 spiro atoms. The second kappa shape index (κ2) is 8.45. The highest BCUT2D eigenvalue weighted by atomic mass is 19.4. The molecular weight excluding hydrogens is 443 g/mol. The largest absolute Gasteiger partial charge is 0.389 e. The molecule has 178 valence electrons. The molecule has 1 fully saturated rings. The summed E-state index contributed by atoms with van der Waals surface area (Å²) in [6.45, 7) is 4.94. The SMILES string of the molecule is CC[C@@H]1CN(C(=O)CCC(F)(F)F)C[C@@H]1c1cnc2cnc3[nH]cc(-c4cccc(C)c4)c3n12. The molecular formula is C25H26F3N5O. The van der Waals surface area contributed by atoms with Crippen LogP contribution < -0.4 is 0 Å². The van der Waals surface area contributed by atoms with Crippen LogP contribution in [0.2, 0.25) is 0 Å².